The average Bonchev–Trinajstić information content (AvgIpc) is 2.51. The number of nitriles is 1. The van der Waals surface area contributed by atoms with Crippen LogP contribution in [0.3, 0.4) is 0 Å². The zero-order valence-electron chi connectivity index (χ0n) is 15.0. The van der Waals surface area contributed by atoms with Crippen molar-refractivity contribution in [2.24, 2.45) is 5.92 Å². The predicted molar refractivity (Wildman–Crippen MR) is 92.6 cm³/mol. The Balaban J connectivity index is 3.10. The zero-order chi connectivity index (χ0) is 16.8. The van der Waals surface area contributed by atoms with Gasteiger partial charge < -0.3 is 0 Å². The lowest BCUT2D eigenvalue weighted by Crippen LogP contribution is -2.42. The fourth-order valence-corrected chi connectivity index (χ4v) is 3.24. The van der Waals surface area contributed by atoms with E-state index in [9.17, 15) is 5.26 Å². The average molecular weight is 301 g/mol. The fourth-order valence-electron chi connectivity index (χ4n) is 3.24. The molecule has 22 heavy (non-hydrogen) atoms. The molecule has 0 amide bonds. The molecule has 0 saturated heterocycles. The highest BCUT2D eigenvalue weighted by Crippen LogP contribution is 2.36. The minimum absolute atomic E-state index is 0.286. The first-order valence-electron chi connectivity index (χ1n) is 8.47. The van der Waals surface area contributed by atoms with Gasteiger partial charge in [0.05, 0.1) is 11.8 Å². The topological polar surface area (TPSA) is 39.9 Å². The van der Waals surface area contributed by atoms with Crippen molar-refractivity contribution in [3.8, 4) is 6.07 Å². The molecule has 0 bridgehead atoms. The van der Waals surface area contributed by atoms with Crippen LogP contribution in [0, 0.1) is 17.2 Å². The van der Waals surface area contributed by atoms with Gasteiger partial charge in [-0.05, 0) is 52.2 Å². The molecule has 0 unspecified atom stereocenters. The largest absolute Gasteiger partial charge is 0.298 e. The molecule has 0 aromatic carbocycles. The highest BCUT2D eigenvalue weighted by atomic mass is 15.2. The lowest BCUT2D eigenvalue weighted by molar-refractivity contribution is 0.152. The highest BCUT2D eigenvalue weighted by Gasteiger charge is 2.39. The van der Waals surface area contributed by atoms with Crippen molar-refractivity contribution in [2.75, 3.05) is 6.54 Å². The smallest absolute Gasteiger partial charge is 0.103 e. The minimum atomic E-state index is -0.502. The van der Waals surface area contributed by atoms with Crippen LogP contribution < -0.4 is 0 Å². The Morgan fingerprint density at radius 2 is 1.82 bits per heavy atom. The summed E-state index contributed by atoms with van der Waals surface area (Å²) in [5.41, 5.74) is 0.414. The van der Waals surface area contributed by atoms with E-state index in [4.69, 9.17) is 0 Å². The van der Waals surface area contributed by atoms with Crippen molar-refractivity contribution in [3.05, 3.63) is 30.1 Å². The number of aromatic nitrogens is 1. The molecule has 0 N–H and O–H groups in total. The van der Waals surface area contributed by atoms with Crippen molar-refractivity contribution in [2.45, 2.75) is 71.9 Å². The van der Waals surface area contributed by atoms with Crippen molar-refractivity contribution in [1.82, 2.24) is 9.88 Å². The van der Waals surface area contributed by atoms with Gasteiger partial charge in [0.1, 0.15) is 5.41 Å². The Hall–Kier alpha value is -1.40. The molecule has 1 aromatic rings. The Kier molecular flexibility index (Phi) is 7.03. The third-order valence-electron chi connectivity index (χ3n) is 4.87. The second-order valence-electron chi connectivity index (χ2n) is 6.78. The van der Waals surface area contributed by atoms with Crippen LogP contribution in [0.25, 0.3) is 0 Å². The van der Waals surface area contributed by atoms with E-state index in [1.807, 2.05) is 18.2 Å². The van der Waals surface area contributed by atoms with Gasteiger partial charge in [0.2, 0.25) is 0 Å². The second-order valence-corrected chi connectivity index (χ2v) is 6.78. The third-order valence-corrected chi connectivity index (χ3v) is 4.87. The summed E-state index contributed by atoms with van der Waals surface area (Å²) in [6.45, 7) is 14.1. The van der Waals surface area contributed by atoms with Crippen LogP contribution in [0.1, 0.15) is 60.1 Å². The maximum atomic E-state index is 10.0. The van der Waals surface area contributed by atoms with Crippen LogP contribution in [-0.2, 0) is 5.41 Å². The first-order valence-corrected chi connectivity index (χ1v) is 8.47. The summed E-state index contributed by atoms with van der Waals surface area (Å²) in [6.07, 6.45) is 3.60. The Bertz CT molecular complexity index is 467. The molecule has 3 heteroatoms. The quantitative estimate of drug-likeness (QED) is 0.714. The van der Waals surface area contributed by atoms with Crippen LogP contribution in [0.5, 0.6) is 0 Å². The van der Waals surface area contributed by atoms with Gasteiger partial charge in [-0.2, -0.15) is 5.26 Å². The van der Waals surface area contributed by atoms with Crippen molar-refractivity contribution in [3.63, 3.8) is 0 Å². The molecule has 1 rings (SSSR count). The van der Waals surface area contributed by atoms with E-state index >= 15 is 0 Å². The summed E-state index contributed by atoms with van der Waals surface area (Å²) < 4.78 is 0. The second kappa shape index (κ2) is 8.29. The molecule has 0 radical (unpaired) electrons. The first-order chi connectivity index (χ1) is 10.4. The summed E-state index contributed by atoms with van der Waals surface area (Å²) in [7, 11) is 0. The van der Waals surface area contributed by atoms with E-state index in [-0.39, 0.29) is 5.92 Å². The monoisotopic (exact) mass is 301 g/mol. The van der Waals surface area contributed by atoms with Gasteiger partial charge in [0.25, 0.3) is 0 Å². The van der Waals surface area contributed by atoms with Gasteiger partial charge in [-0.1, -0.05) is 26.3 Å². The molecule has 3 nitrogen and oxygen atoms in total. The normalized spacial score (nSPS) is 15.8. The molecular formula is C19H31N3. The SMILES string of the molecule is CC[C@@H](C)[C@](C#N)(CCN(C(C)C)C(C)C)c1ccccn1. The van der Waals surface area contributed by atoms with Gasteiger partial charge in [0, 0.05) is 24.8 Å². The zero-order valence-corrected chi connectivity index (χ0v) is 15.0. The lowest BCUT2D eigenvalue weighted by atomic mass is 9.70. The number of rotatable bonds is 8. The minimum Gasteiger partial charge on any atom is -0.298 e. The highest BCUT2D eigenvalue weighted by molar-refractivity contribution is 5.27. The van der Waals surface area contributed by atoms with Crippen LogP contribution in [0.2, 0.25) is 0 Å². The van der Waals surface area contributed by atoms with Gasteiger partial charge >= 0.3 is 0 Å². The maximum Gasteiger partial charge on any atom is 0.103 e. The molecule has 122 valence electrons. The van der Waals surface area contributed by atoms with Crippen LogP contribution in [0.15, 0.2) is 24.4 Å². The molecule has 0 fully saturated rings. The third kappa shape index (κ3) is 4.08. The summed E-state index contributed by atoms with van der Waals surface area (Å²) in [4.78, 5) is 6.97. The molecule has 0 saturated carbocycles. The van der Waals surface area contributed by atoms with Gasteiger partial charge in [0.15, 0.2) is 0 Å². The van der Waals surface area contributed by atoms with E-state index in [1.54, 1.807) is 6.20 Å². The van der Waals surface area contributed by atoms with Crippen molar-refractivity contribution in [1.29, 1.82) is 5.26 Å². The summed E-state index contributed by atoms with van der Waals surface area (Å²) in [6, 6.07) is 9.50. The standard InChI is InChI=1S/C19H31N3/c1-7-17(6)19(14-20,18-10-8-9-12-21-18)11-13-22(15(2)3)16(4)5/h8-10,12,15-17H,7,11,13H2,1-6H3/t17-,19-/m1/s1. The van der Waals surface area contributed by atoms with E-state index in [1.165, 1.54) is 0 Å². The molecule has 2 atom stereocenters. The van der Waals surface area contributed by atoms with E-state index in [0.29, 0.717) is 12.1 Å². The van der Waals surface area contributed by atoms with Crippen molar-refractivity contribution >= 4 is 0 Å². The van der Waals surface area contributed by atoms with E-state index in [2.05, 4.69) is 57.5 Å². The van der Waals surface area contributed by atoms with Gasteiger partial charge in [-0.15, -0.1) is 0 Å². The Morgan fingerprint density at radius 1 is 1.18 bits per heavy atom. The summed E-state index contributed by atoms with van der Waals surface area (Å²) >= 11 is 0. The lowest BCUT2D eigenvalue weighted by Gasteiger charge is -2.37. The molecular weight excluding hydrogens is 270 g/mol. The van der Waals surface area contributed by atoms with Crippen LogP contribution >= 0.6 is 0 Å². The predicted octanol–water partition coefficient (Wildman–Crippen LogP) is 4.40. The van der Waals surface area contributed by atoms with Crippen LogP contribution in [-0.4, -0.2) is 28.5 Å². The fraction of sp³-hybridized carbons (Fsp3) is 0.684. The Labute approximate surface area is 136 Å². The number of hydrogen-bond donors (Lipinski definition) is 0. The summed E-state index contributed by atoms with van der Waals surface area (Å²) in [5.74, 6) is 0.286. The molecule has 0 aliphatic heterocycles. The Morgan fingerprint density at radius 3 is 2.23 bits per heavy atom. The molecule has 0 aliphatic carbocycles. The van der Waals surface area contributed by atoms with Crippen molar-refractivity contribution < 1.29 is 0 Å². The number of hydrogen-bond acceptors (Lipinski definition) is 3. The first kappa shape index (κ1) is 18.6. The molecule has 0 spiro atoms. The maximum absolute atomic E-state index is 10.0. The van der Waals surface area contributed by atoms with Gasteiger partial charge in [-0.3, -0.25) is 9.88 Å². The van der Waals surface area contributed by atoms with E-state index < -0.39 is 5.41 Å². The molecule has 0 aliphatic rings. The number of nitrogens with zero attached hydrogens (tertiary/aromatic N) is 3. The number of pyridine rings is 1. The molecule has 1 heterocycles. The van der Waals surface area contributed by atoms with E-state index in [0.717, 1.165) is 25.1 Å². The summed E-state index contributed by atoms with van der Waals surface area (Å²) in [5, 5.41) is 10.0. The van der Waals surface area contributed by atoms with Gasteiger partial charge in [-0.25, -0.2) is 0 Å². The van der Waals surface area contributed by atoms with Crippen LogP contribution in [0.4, 0.5) is 0 Å². The molecule has 1 aromatic heterocycles.